The van der Waals surface area contributed by atoms with Crippen LogP contribution in [0.1, 0.15) is 34.0 Å². The highest BCUT2D eigenvalue weighted by Gasteiger charge is 2.30. The molecule has 5 rings (SSSR count). The molecule has 32 heavy (non-hydrogen) atoms. The third-order valence-corrected chi connectivity index (χ3v) is 6.19. The second-order valence-corrected chi connectivity index (χ2v) is 8.18. The third kappa shape index (κ3) is 3.47. The van der Waals surface area contributed by atoms with E-state index in [9.17, 15) is 4.79 Å². The van der Waals surface area contributed by atoms with Gasteiger partial charge in [-0.25, -0.2) is 0 Å². The monoisotopic (exact) mass is 443 g/mol. The fourth-order valence-corrected chi connectivity index (χ4v) is 4.28. The number of carbonyl (C=O) groups is 1. The largest absolute Gasteiger partial charge is 0.488 e. The van der Waals surface area contributed by atoms with E-state index in [1.807, 2.05) is 55.5 Å². The van der Waals surface area contributed by atoms with Gasteiger partial charge < -0.3 is 14.0 Å². The molecule has 0 atom stereocenters. The number of benzene rings is 3. The molecule has 0 bridgehead atoms. The molecule has 160 valence electrons. The van der Waals surface area contributed by atoms with Gasteiger partial charge in [-0.15, -0.1) is 0 Å². The number of aryl methyl sites for hydroxylation is 1. The van der Waals surface area contributed by atoms with Crippen LogP contribution in [0.3, 0.4) is 0 Å². The van der Waals surface area contributed by atoms with E-state index in [1.54, 1.807) is 6.07 Å². The topological polar surface area (TPSA) is 40.5 Å². The van der Waals surface area contributed by atoms with Crippen molar-refractivity contribution in [3.63, 3.8) is 0 Å². The van der Waals surface area contributed by atoms with E-state index < -0.39 is 0 Å². The molecule has 0 amide bonds. The molecule has 0 fully saturated rings. The maximum absolute atomic E-state index is 13.0. The summed E-state index contributed by atoms with van der Waals surface area (Å²) in [5.41, 5.74) is 4.35. The maximum Gasteiger partial charge on any atom is 0.231 e. The lowest BCUT2D eigenvalue weighted by atomic mass is 10.1. The summed E-state index contributed by atoms with van der Waals surface area (Å²) in [4.78, 5) is 13.0. The molecule has 5 heteroatoms. The third-order valence-electron chi connectivity index (χ3n) is 5.82. The first-order chi connectivity index (χ1) is 15.6. The number of aromatic nitrogens is 1. The number of hydrogen-bond donors (Lipinski definition) is 0. The molecule has 1 aliphatic rings. The SMILES string of the molecule is CCn1cc(/C=C2\Oc3c(ccc(OCc4ccccc4Cl)c3C)C2=O)c2ccccc21. The number of ketones is 1. The summed E-state index contributed by atoms with van der Waals surface area (Å²) >= 11 is 6.23. The van der Waals surface area contributed by atoms with Crippen LogP contribution in [0.15, 0.2) is 72.6 Å². The second-order valence-electron chi connectivity index (χ2n) is 7.77. The Balaban J connectivity index is 1.45. The quantitative estimate of drug-likeness (QED) is 0.318. The molecule has 0 spiro atoms. The Morgan fingerprint density at radius 1 is 1.06 bits per heavy atom. The zero-order valence-electron chi connectivity index (χ0n) is 17.9. The summed E-state index contributed by atoms with van der Waals surface area (Å²) in [7, 11) is 0. The number of ether oxygens (including phenoxy) is 2. The van der Waals surface area contributed by atoms with Crippen LogP contribution in [0.4, 0.5) is 0 Å². The molecule has 0 aliphatic carbocycles. The minimum atomic E-state index is -0.117. The van der Waals surface area contributed by atoms with Crippen LogP contribution >= 0.6 is 11.6 Å². The molecule has 1 aliphatic heterocycles. The van der Waals surface area contributed by atoms with E-state index in [1.165, 1.54) is 0 Å². The number of Topliss-reactive ketones (excluding diaryl/α,β-unsaturated/α-hetero) is 1. The Morgan fingerprint density at radius 2 is 1.84 bits per heavy atom. The number of allylic oxidation sites excluding steroid dienone is 1. The van der Waals surface area contributed by atoms with E-state index in [-0.39, 0.29) is 5.78 Å². The van der Waals surface area contributed by atoms with Crippen LogP contribution in [0, 0.1) is 6.92 Å². The van der Waals surface area contributed by atoms with Crippen LogP contribution < -0.4 is 9.47 Å². The lowest BCUT2D eigenvalue weighted by molar-refractivity contribution is 0.101. The van der Waals surface area contributed by atoms with E-state index in [0.29, 0.717) is 34.5 Å². The van der Waals surface area contributed by atoms with Crippen molar-refractivity contribution in [3.05, 3.63) is 99.9 Å². The van der Waals surface area contributed by atoms with E-state index in [2.05, 4.69) is 29.8 Å². The Bertz CT molecular complexity index is 1380. The summed E-state index contributed by atoms with van der Waals surface area (Å²) in [5.74, 6) is 1.43. The van der Waals surface area contributed by atoms with Crippen molar-refractivity contribution >= 4 is 34.4 Å². The van der Waals surface area contributed by atoms with Gasteiger partial charge in [0.15, 0.2) is 5.76 Å². The molecule has 4 nitrogen and oxygen atoms in total. The number of hydrogen-bond acceptors (Lipinski definition) is 3. The van der Waals surface area contributed by atoms with Gasteiger partial charge in [0.05, 0.1) is 5.56 Å². The van der Waals surface area contributed by atoms with Crippen molar-refractivity contribution in [2.45, 2.75) is 27.0 Å². The molecule has 1 aromatic heterocycles. The summed E-state index contributed by atoms with van der Waals surface area (Å²) in [5, 5.41) is 1.75. The fourth-order valence-electron chi connectivity index (χ4n) is 4.09. The minimum absolute atomic E-state index is 0.117. The van der Waals surface area contributed by atoms with Crippen LogP contribution in [0.25, 0.3) is 17.0 Å². The maximum atomic E-state index is 13.0. The average Bonchev–Trinajstić information content (AvgIpc) is 3.33. The van der Waals surface area contributed by atoms with E-state index >= 15 is 0 Å². The highest BCUT2D eigenvalue weighted by molar-refractivity contribution is 6.31. The Labute approximate surface area is 191 Å². The number of rotatable bonds is 5. The van der Waals surface area contributed by atoms with E-state index in [0.717, 1.165) is 34.1 Å². The molecule has 3 aromatic carbocycles. The first kappa shape index (κ1) is 20.4. The van der Waals surface area contributed by atoms with Crippen molar-refractivity contribution in [2.75, 3.05) is 0 Å². The molecule has 2 heterocycles. The number of fused-ring (bicyclic) bond motifs is 2. The number of para-hydroxylation sites is 1. The zero-order valence-corrected chi connectivity index (χ0v) is 18.6. The summed E-state index contributed by atoms with van der Waals surface area (Å²) < 4.78 is 14.2. The van der Waals surface area contributed by atoms with Gasteiger partial charge in [0, 0.05) is 45.4 Å². The van der Waals surface area contributed by atoms with Crippen molar-refractivity contribution in [1.29, 1.82) is 0 Å². The fraction of sp³-hybridized carbons (Fsp3) is 0.148. The minimum Gasteiger partial charge on any atom is -0.488 e. The number of nitrogens with zero attached hydrogens (tertiary/aromatic N) is 1. The summed E-state index contributed by atoms with van der Waals surface area (Å²) in [6.45, 7) is 5.19. The van der Waals surface area contributed by atoms with Gasteiger partial charge in [-0.2, -0.15) is 0 Å². The highest BCUT2D eigenvalue weighted by Crippen LogP contribution is 2.40. The van der Waals surface area contributed by atoms with Crippen LogP contribution in [0.2, 0.25) is 5.02 Å². The molecule has 0 N–H and O–H groups in total. The molecule has 0 saturated heterocycles. The number of carbonyl (C=O) groups excluding carboxylic acids is 1. The Morgan fingerprint density at radius 3 is 2.66 bits per heavy atom. The molecule has 0 radical (unpaired) electrons. The molecule has 0 saturated carbocycles. The summed E-state index contributed by atoms with van der Waals surface area (Å²) in [6, 6.07) is 19.3. The molecule has 0 unspecified atom stereocenters. The Kier molecular flexibility index (Phi) is 5.24. The number of halogens is 1. The smallest absolute Gasteiger partial charge is 0.231 e. The highest BCUT2D eigenvalue weighted by atomic mass is 35.5. The van der Waals surface area contributed by atoms with Crippen LogP contribution in [0.5, 0.6) is 11.5 Å². The van der Waals surface area contributed by atoms with E-state index in [4.69, 9.17) is 21.1 Å². The van der Waals surface area contributed by atoms with Gasteiger partial charge in [-0.05, 0) is 44.2 Å². The molecular formula is C27H22ClNO3. The van der Waals surface area contributed by atoms with Crippen molar-refractivity contribution in [3.8, 4) is 11.5 Å². The first-order valence-corrected chi connectivity index (χ1v) is 11.0. The van der Waals surface area contributed by atoms with Crippen molar-refractivity contribution < 1.29 is 14.3 Å². The normalized spacial score (nSPS) is 14.1. The van der Waals surface area contributed by atoms with Gasteiger partial charge in [0.1, 0.15) is 18.1 Å². The van der Waals surface area contributed by atoms with Gasteiger partial charge in [0.2, 0.25) is 5.78 Å². The first-order valence-electron chi connectivity index (χ1n) is 10.6. The average molecular weight is 444 g/mol. The van der Waals surface area contributed by atoms with Crippen molar-refractivity contribution in [2.24, 2.45) is 0 Å². The van der Waals surface area contributed by atoms with Crippen molar-refractivity contribution in [1.82, 2.24) is 4.57 Å². The summed E-state index contributed by atoms with van der Waals surface area (Å²) in [6.07, 6.45) is 3.89. The predicted octanol–water partition coefficient (Wildman–Crippen LogP) is 6.82. The van der Waals surface area contributed by atoms with Gasteiger partial charge in [-0.3, -0.25) is 4.79 Å². The Hall–Kier alpha value is -3.50. The standard InChI is InChI=1S/C27H22ClNO3/c1-3-29-15-19(20-9-5-7-11-23(20)29)14-25-26(30)21-12-13-24(17(2)27(21)32-25)31-16-18-8-4-6-10-22(18)28/h4-15H,3,16H2,1-2H3/b25-14-. The lowest BCUT2D eigenvalue weighted by Crippen LogP contribution is -1.99. The van der Waals surface area contributed by atoms with Crippen LogP contribution in [-0.4, -0.2) is 10.4 Å². The van der Waals surface area contributed by atoms with Gasteiger partial charge in [-0.1, -0.05) is 48.0 Å². The van der Waals surface area contributed by atoms with Gasteiger partial charge in [0.25, 0.3) is 0 Å². The zero-order chi connectivity index (χ0) is 22.2. The van der Waals surface area contributed by atoms with Gasteiger partial charge >= 0.3 is 0 Å². The predicted molar refractivity (Wildman–Crippen MR) is 128 cm³/mol. The van der Waals surface area contributed by atoms with Crippen LogP contribution in [-0.2, 0) is 13.2 Å². The second kappa shape index (κ2) is 8.21. The molecule has 4 aromatic rings. The lowest BCUT2D eigenvalue weighted by Gasteiger charge is -2.12. The molecular weight excluding hydrogens is 422 g/mol.